The smallest absolute Gasteiger partial charge is 0.271 e. The van der Waals surface area contributed by atoms with E-state index in [9.17, 15) is 22.0 Å². The largest absolute Gasteiger partial charge is 0.481 e. The van der Waals surface area contributed by atoms with Gasteiger partial charge in [-0.3, -0.25) is 9.78 Å². The number of fused-ring (bicyclic) bond motifs is 1. The van der Waals surface area contributed by atoms with Crippen molar-refractivity contribution in [3.63, 3.8) is 0 Å². The summed E-state index contributed by atoms with van der Waals surface area (Å²) < 4.78 is 58.9. The van der Waals surface area contributed by atoms with Gasteiger partial charge in [0.15, 0.2) is 11.5 Å². The number of carbonyl (C=O) groups is 1. The molecule has 1 amide bonds. The third-order valence-electron chi connectivity index (χ3n) is 3.52. The fraction of sp³-hybridized carbons (Fsp3) is 0.0588. The van der Waals surface area contributed by atoms with Crippen LogP contribution in [0, 0.1) is 11.6 Å². The van der Waals surface area contributed by atoms with E-state index in [-0.39, 0.29) is 10.2 Å². The first kappa shape index (κ1) is 20.4. The van der Waals surface area contributed by atoms with Crippen LogP contribution in [-0.4, -0.2) is 25.9 Å². The Hall–Kier alpha value is -2.30. The number of halogens is 4. The topological polar surface area (TPSA) is 85.4 Å². The lowest BCUT2D eigenvalue weighted by Gasteiger charge is -2.11. The summed E-state index contributed by atoms with van der Waals surface area (Å²) in [4.78, 5) is 14.8. The summed E-state index contributed by atoms with van der Waals surface area (Å²) >= 11 is 8.90. The van der Waals surface area contributed by atoms with Gasteiger partial charge in [0.1, 0.15) is 22.9 Å². The van der Waals surface area contributed by atoms with Crippen LogP contribution in [0.25, 0.3) is 10.9 Å². The Morgan fingerprint density at radius 3 is 2.57 bits per heavy atom. The van der Waals surface area contributed by atoms with Crippen LogP contribution in [0.2, 0.25) is 5.02 Å². The number of rotatable bonds is 5. The number of ether oxygens (including phenoxy) is 1. The van der Waals surface area contributed by atoms with E-state index >= 15 is 0 Å². The highest BCUT2D eigenvalue weighted by molar-refractivity contribution is 9.10. The van der Waals surface area contributed by atoms with Gasteiger partial charge in [-0.25, -0.2) is 21.9 Å². The quantitative estimate of drug-likeness (QED) is 0.587. The Balaban J connectivity index is 1.78. The summed E-state index contributed by atoms with van der Waals surface area (Å²) in [6.07, 6.45) is 1.50. The van der Waals surface area contributed by atoms with Gasteiger partial charge >= 0.3 is 0 Å². The molecule has 0 saturated carbocycles. The minimum atomic E-state index is -4.78. The van der Waals surface area contributed by atoms with Crippen LogP contribution in [0.3, 0.4) is 0 Å². The maximum atomic E-state index is 13.9. The number of hydrogen-bond donors (Lipinski definition) is 1. The average molecular weight is 492 g/mol. The average Bonchev–Trinajstić information content (AvgIpc) is 2.59. The van der Waals surface area contributed by atoms with Crippen LogP contribution in [-0.2, 0) is 14.8 Å². The third kappa shape index (κ3) is 4.23. The fourth-order valence-electron chi connectivity index (χ4n) is 2.39. The van der Waals surface area contributed by atoms with E-state index < -0.39 is 39.1 Å². The number of nitrogens with one attached hydrogen (secondary N) is 1. The van der Waals surface area contributed by atoms with Gasteiger partial charge in [0.25, 0.3) is 15.9 Å². The van der Waals surface area contributed by atoms with Crippen molar-refractivity contribution < 1.29 is 26.7 Å². The van der Waals surface area contributed by atoms with E-state index in [1.54, 1.807) is 16.9 Å². The predicted octanol–water partition coefficient (Wildman–Crippen LogP) is 3.81. The Kier molecular flexibility index (Phi) is 5.82. The zero-order chi connectivity index (χ0) is 20.5. The van der Waals surface area contributed by atoms with Crippen molar-refractivity contribution in [2.24, 2.45) is 0 Å². The molecule has 0 aliphatic rings. The molecule has 0 bridgehead atoms. The van der Waals surface area contributed by atoms with Gasteiger partial charge in [0.2, 0.25) is 0 Å². The molecule has 3 aromatic rings. The molecular weight excluding hydrogens is 482 g/mol. The molecule has 0 fully saturated rings. The molecule has 11 heteroatoms. The number of amides is 1. The SMILES string of the molecule is O=C(COc1ccc(Cl)c2cccnc12)NS(=O)(=O)c1c(F)cc(Br)cc1F. The van der Waals surface area contributed by atoms with Gasteiger partial charge in [-0.2, -0.15) is 0 Å². The van der Waals surface area contributed by atoms with Gasteiger partial charge in [0, 0.05) is 16.1 Å². The number of benzene rings is 2. The van der Waals surface area contributed by atoms with E-state index in [0.717, 1.165) is 12.1 Å². The number of hydrogen-bond acceptors (Lipinski definition) is 5. The molecule has 6 nitrogen and oxygen atoms in total. The second-order valence-corrected chi connectivity index (χ2v) is 8.40. The normalized spacial score (nSPS) is 11.4. The minimum absolute atomic E-state index is 0.0122. The highest BCUT2D eigenvalue weighted by Crippen LogP contribution is 2.29. The Bertz CT molecular complexity index is 1170. The van der Waals surface area contributed by atoms with Crippen molar-refractivity contribution in [3.05, 3.63) is 63.7 Å². The van der Waals surface area contributed by atoms with Gasteiger partial charge < -0.3 is 4.74 Å². The zero-order valence-electron chi connectivity index (χ0n) is 13.7. The molecule has 1 N–H and O–H groups in total. The van der Waals surface area contributed by atoms with Crippen LogP contribution in [0.4, 0.5) is 8.78 Å². The predicted molar refractivity (Wildman–Crippen MR) is 102 cm³/mol. The number of carbonyl (C=O) groups excluding carboxylic acids is 1. The van der Waals surface area contributed by atoms with Crippen molar-refractivity contribution in [1.82, 2.24) is 9.71 Å². The van der Waals surface area contributed by atoms with Crippen molar-refractivity contribution in [2.75, 3.05) is 6.61 Å². The molecule has 0 aliphatic carbocycles. The molecule has 28 heavy (non-hydrogen) atoms. The molecule has 0 spiro atoms. The monoisotopic (exact) mass is 490 g/mol. The minimum Gasteiger partial charge on any atom is -0.481 e. The number of sulfonamides is 1. The maximum absolute atomic E-state index is 13.9. The highest BCUT2D eigenvalue weighted by atomic mass is 79.9. The molecule has 0 radical (unpaired) electrons. The molecule has 0 aliphatic heterocycles. The first-order valence-corrected chi connectivity index (χ1v) is 10.2. The fourth-order valence-corrected chi connectivity index (χ4v) is 4.10. The Morgan fingerprint density at radius 2 is 1.89 bits per heavy atom. The molecular formula is C17H10BrClF2N2O4S. The molecule has 0 saturated heterocycles. The maximum Gasteiger partial charge on any atom is 0.271 e. The van der Waals surface area contributed by atoms with Crippen molar-refractivity contribution in [3.8, 4) is 5.75 Å². The second kappa shape index (κ2) is 7.98. The van der Waals surface area contributed by atoms with Gasteiger partial charge in [-0.05, 0) is 36.4 Å². The lowest BCUT2D eigenvalue weighted by atomic mass is 10.2. The highest BCUT2D eigenvalue weighted by Gasteiger charge is 2.27. The van der Waals surface area contributed by atoms with Crippen LogP contribution < -0.4 is 9.46 Å². The van der Waals surface area contributed by atoms with Crippen LogP contribution in [0.1, 0.15) is 0 Å². The third-order valence-corrected chi connectivity index (χ3v) is 5.73. The van der Waals surface area contributed by atoms with Gasteiger partial charge in [-0.15, -0.1) is 0 Å². The molecule has 146 valence electrons. The van der Waals surface area contributed by atoms with Crippen LogP contribution in [0.5, 0.6) is 5.75 Å². The number of pyridine rings is 1. The number of nitrogens with zero attached hydrogens (tertiary/aromatic N) is 1. The van der Waals surface area contributed by atoms with E-state index in [4.69, 9.17) is 16.3 Å². The van der Waals surface area contributed by atoms with E-state index in [2.05, 4.69) is 20.9 Å². The standard InChI is InChI=1S/C17H10BrClF2N2O4S/c18-9-6-12(20)17(13(21)7-9)28(25,26)23-15(24)8-27-14-4-3-11(19)10-2-1-5-22-16(10)14/h1-7H,8H2,(H,23,24). The summed E-state index contributed by atoms with van der Waals surface area (Å²) in [6, 6.07) is 7.89. The first-order valence-electron chi connectivity index (χ1n) is 7.55. The Morgan fingerprint density at radius 1 is 1.21 bits per heavy atom. The van der Waals surface area contributed by atoms with E-state index in [1.165, 1.54) is 18.3 Å². The summed E-state index contributed by atoms with van der Waals surface area (Å²) in [6.45, 7) is -0.730. The molecule has 2 aromatic carbocycles. The summed E-state index contributed by atoms with van der Waals surface area (Å²) in [5.41, 5.74) is 0.371. The lowest BCUT2D eigenvalue weighted by molar-refractivity contribution is -0.121. The summed E-state index contributed by atoms with van der Waals surface area (Å²) in [5, 5.41) is 0.998. The summed E-state index contributed by atoms with van der Waals surface area (Å²) in [5.74, 6) is -3.63. The van der Waals surface area contributed by atoms with Crippen molar-refractivity contribution >= 4 is 54.4 Å². The summed E-state index contributed by atoms with van der Waals surface area (Å²) in [7, 11) is -4.78. The molecule has 0 unspecified atom stereocenters. The zero-order valence-corrected chi connectivity index (χ0v) is 16.9. The van der Waals surface area contributed by atoms with Crippen LogP contribution in [0.15, 0.2) is 52.0 Å². The second-order valence-electron chi connectivity index (χ2n) is 5.46. The van der Waals surface area contributed by atoms with Crippen molar-refractivity contribution in [2.45, 2.75) is 4.90 Å². The lowest BCUT2D eigenvalue weighted by Crippen LogP contribution is -2.35. The number of aromatic nitrogens is 1. The van der Waals surface area contributed by atoms with E-state index in [0.29, 0.717) is 15.9 Å². The molecule has 0 atom stereocenters. The van der Waals surface area contributed by atoms with Gasteiger partial charge in [-0.1, -0.05) is 27.5 Å². The van der Waals surface area contributed by atoms with Crippen LogP contribution >= 0.6 is 27.5 Å². The molecule has 1 heterocycles. The Labute approximate surface area is 171 Å². The first-order chi connectivity index (χ1) is 13.2. The van der Waals surface area contributed by atoms with Crippen molar-refractivity contribution in [1.29, 1.82) is 0 Å². The van der Waals surface area contributed by atoms with E-state index in [1.807, 2.05) is 0 Å². The van der Waals surface area contributed by atoms with Gasteiger partial charge in [0.05, 0.1) is 5.02 Å². The molecule has 3 rings (SSSR count). The molecule has 1 aromatic heterocycles.